The second-order valence-electron chi connectivity index (χ2n) is 5.79. The lowest BCUT2D eigenvalue weighted by molar-refractivity contribution is 0.191. The molecule has 0 spiro atoms. The Kier molecular flexibility index (Phi) is 7.68. The van der Waals surface area contributed by atoms with Crippen molar-refractivity contribution < 1.29 is 14.2 Å². The summed E-state index contributed by atoms with van der Waals surface area (Å²) < 4.78 is 18.6. The molecular formula is C19H25FN2O2. The Balaban J connectivity index is 1.71. The monoisotopic (exact) mass is 332 g/mol. The molecule has 0 aromatic heterocycles. The molecule has 1 unspecified atom stereocenters. The van der Waals surface area contributed by atoms with E-state index < -0.39 is 0 Å². The number of benzene rings is 2. The van der Waals surface area contributed by atoms with Crippen LogP contribution in [-0.4, -0.2) is 30.8 Å². The Morgan fingerprint density at radius 2 is 1.79 bits per heavy atom. The van der Waals surface area contributed by atoms with Gasteiger partial charge in [0, 0.05) is 26.2 Å². The van der Waals surface area contributed by atoms with Crippen LogP contribution in [0.5, 0.6) is 5.75 Å². The first-order chi connectivity index (χ1) is 11.6. The quantitative estimate of drug-likeness (QED) is 0.585. The zero-order valence-corrected chi connectivity index (χ0v) is 14.0. The second kappa shape index (κ2) is 10.0. The summed E-state index contributed by atoms with van der Waals surface area (Å²) in [5, 5.41) is 15.7. The third-order valence-electron chi connectivity index (χ3n) is 3.46. The van der Waals surface area contributed by atoms with Crippen LogP contribution in [0.1, 0.15) is 18.1 Å². The smallest absolute Gasteiger partial charge is 0.123 e. The second-order valence-corrected chi connectivity index (χ2v) is 5.79. The first-order valence-corrected chi connectivity index (χ1v) is 8.19. The molecule has 0 heterocycles. The molecule has 2 aromatic rings. The molecule has 0 fully saturated rings. The number of rotatable bonds is 10. The van der Waals surface area contributed by atoms with Gasteiger partial charge in [-0.15, -0.1) is 0 Å². The first-order valence-electron chi connectivity index (χ1n) is 8.19. The van der Waals surface area contributed by atoms with Crippen LogP contribution in [0, 0.1) is 5.82 Å². The number of halogens is 1. The van der Waals surface area contributed by atoms with Crippen molar-refractivity contribution in [3.63, 3.8) is 0 Å². The van der Waals surface area contributed by atoms with E-state index in [9.17, 15) is 4.39 Å². The summed E-state index contributed by atoms with van der Waals surface area (Å²) in [5.74, 6) is 0.556. The van der Waals surface area contributed by atoms with Crippen LogP contribution in [0.15, 0.2) is 48.5 Å². The van der Waals surface area contributed by atoms with Crippen LogP contribution in [0.25, 0.3) is 0 Å². The predicted molar refractivity (Wildman–Crippen MR) is 93.4 cm³/mol. The number of aliphatic hydroxyl groups excluding tert-OH is 1. The van der Waals surface area contributed by atoms with E-state index in [0.29, 0.717) is 13.2 Å². The van der Waals surface area contributed by atoms with Crippen molar-refractivity contribution in [3.8, 4) is 5.75 Å². The molecule has 0 saturated carbocycles. The minimum atomic E-state index is -0.320. The number of ether oxygens (including phenoxy) is 1. The molecule has 0 aliphatic heterocycles. The lowest BCUT2D eigenvalue weighted by atomic mass is 10.2. The molecule has 0 saturated heterocycles. The molecule has 5 heteroatoms. The molecule has 0 radical (unpaired) electrons. The molecule has 2 aromatic carbocycles. The zero-order chi connectivity index (χ0) is 17.2. The molecule has 3 N–H and O–H groups in total. The molecule has 0 amide bonds. The lowest BCUT2D eigenvalue weighted by Crippen LogP contribution is -2.31. The normalized spacial score (nSPS) is 12.1. The summed E-state index contributed by atoms with van der Waals surface area (Å²) in [5.41, 5.74) is 2.08. The molecular weight excluding hydrogens is 307 g/mol. The van der Waals surface area contributed by atoms with E-state index in [1.54, 1.807) is 19.1 Å². The van der Waals surface area contributed by atoms with Gasteiger partial charge in [-0.25, -0.2) is 4.39 Å². The highest BCUT2D eigenvalue weighted by molar-refractivity contribution is 5.29. The van der Waals surface area contributed by atoms with E-state index in [0.717, 1.165) is 36.5 Å². The fourth-order valence-corrected chi connectivity index (χ4v) is 2.21. The zero-order valence-electron chi connectivity index (χ0n) is 14.0. The third kappa shape index (κ3) is 7.08. The highest BCUT2D eigenvalue weighted by Gasteiger charge is 2.00. The number of aliphatic hydroxyl groups is 1. The maximum Gasteiger partial charge on any atom is 0.123 e. The van der Waals surface area contributed by atoms with Crippen molar-refractivity contribution in [1.82, 2.24) is 10.6 Å². The lowest BCUT2D eigenvalue weighted by Gasteiger charge is -2.10. The van der Waals surface area contributed by atoms with Crippen LogP contribution >= 0.6 is 0 Å². The van der Waals surface area contributed by atoms with Crippen LogP contribution in [-0.2, 0) is 13.2 Å². The summed E-state index contributed by atoms with van der Waals surface area (Å²) in [7, 11) is 0. The van der Waals surface area contributed by atoms with Gasteiger partial charge in [-0.05, 0) is 42.3 Å². The number of nitrogens with one attached hydrogen (secondary N) is 2. The van der Waals surface area contributed by atoms with Crippen molar-refractivity contribution >= 4 is 0 Å². The fourth-order valence-electron chi connectivity index (χ4n) is 2.21. The molecule has 1 atom stereocenters. The van der Waals surface area contributed by atoms with Gasteiger partial charge in [0.2, 0.25) is 0 Å². The minimum absolute atomic E-state index is 0.241. The van der Waals surface area contributed by atoms with Gasteiger partial charge < -0.3 is 20.5 Å². The van der Waals surface area contributed by atoms with Gasteiger partial charge in [0.05, 0.1) is 6.10 Å². The average Bonchev–Trinajstić information content (AvgIpc) is 2.58. The summed E-state index contributed by atoms with van der Waals surface area (Å²) in [4.78, 5) is 0. The minimum Gasteiger partial charge on any atom is -0.489 e. The molecule has 0 aliphatic carbocycles. The maximum atomic E-state index is 12.9. The van der Waals surface area contributed by atoms with Gasteiger partial charge in [0.25, 0.3) is 0 Å². The van der Waals surface area contributed by atoms with Crippen LogP contribution < -0.4 is 15.4 Å². The van der Waals surface area contributed by atoms with Gasteiger partial charge in [0.1, 0.15) is 18.2 Å². The van der Waals surface area contributed by atoms with Crippen molar-refractivity contribution in [3.05, 3.63) is 65.5 Å². The summed E-state index contributed by atoms with van der Waals surface area (Å²) >= 11 is 0. The van der Waals surface area contributed by atoms with E-state index in [2.05, 4.69) is 10.6 Å². The van der Waals surface area contributed by atoms with Gasteiger partial charge in [-0.2, -0.15) is 0 Å². The highest BCUT2D eigenvalue weighted by Crippen LogP contribution is 2.15. The summed E-state index contributed by atoms with van der Waals surface area (Å²) in [6, 6.07) is 14.2. The van der Waals surface area contributed by atoms with Crippen molar-refractivity contribution in [2.45, 2.75) is 26.2 Å². The third-order valence-corrected chi connectivity index (χ3v) is 3.46. The molecule has 4 nitrogen and oxygen atoms in total. The molecule has 0 bridgehead atoms. The standard InChI is InChI=1S/C19H25FN2O2/c1-15(23)12-21-9-10-22-13-17-3-2-4-19(11-17)24-14-16-5-7-18(20)8-6-16/h2-8,11,15,21-23H,9-10,12-14H2,1H3. The van der Waals surface area contributed by atoms with Gasteiger partial charge >= 0.3 is 0 Å². The summed E-state index contributed by atoms with van der Waals surface area (Å²) in [6.45, 7) is 5.18. The Labute approximate surface area is 142 Å². The molecule has 130 valence electrons. The number of hydrogen-bond donors (Lipinski definition) is 3. The van der Waals surface area contributed by atoms with E-state index in [-0.39, 0.29) is 11.9 Å². The van der Waals surface area contributed by atoms with Crippen molar-refractivity contribution in [2.75, 3.05) is 19.6 Å². The topological polar surface area (TPSA) is 53.5 Å². The van der Waals surface area contributed by atoms with Crippen LogP contribution in [0.3, 0.4) is 0 Å². The van der Waals surface area contributed by atoms with Crippen LogP contribution in [0.2, 0.25) is 0 Å². The average molecular weight is 332 g/mol. The Morgan fingerprint density at radius 1 is 1.04 bits per heavy atom. The largest absolute Gasteiger partial charge is 0.489 e. The van der Waals surface area contributed by atoms with Gasteiger partial charge in [-0.1, -0.05) is 24.3 Å². The SMILES string of the molecule is CC(O)CNCCNCc1cccc(OCc2ccc(F)cc2)c1. The van der Waals surface area contributed by atoms with Gasteiger partial charge in [-0.3, -0.25) is 0 Å². The molecule has 24 heavy (non-hydrogen) atoms. The molecule has 0 aliphatic rings. The Morgan fingerprint density at radius 3 is 2.54 bits per heavy atom. The van der Waals surface area contributed by atoms with Crippen LogP contribution in [0.4, 0.5) is 4.39 Å². The number of hydrogen-bond acceptors (Lipinski definition) is 4. The van der Waals surface area contributed by atoms with E-state index in [1.165, 1.54) is 12.1 Å². The van der Waals surface area contributed by atoms with E-state index in [4.69, 9.17) is 9.84 Å². The first kappa shape index (κ1) is 18.4. The van der Waals surface area contributed by atoms with Crippen molar-refractivity contribution in [2.24, 2.45) is 0 Å². The highest BCUT2D eigenvalue weighted by atomic mass is 19.1. The van der Waals surface area contributed by atoms with E-state index >= 15 is 0 Å². The molecule has 2 rings (SSSR count). The van der Waals surface area contributed by atoms with E-state index in [1.807, 2.05) is 24.3 Å². The summed E-state index contributed by atoms with van der Waals surface area (Å²) in [6.07, 6.45) is -0.320. The Hall–Kier alpha value is -1.95. The fraction of sp³-hybridized carbons (Fsp3) is 0.368. The Bertz CT molecular complexity index is 603. The van der Waals surface area contributed by atoms with Crippen molar-refractivity contribution in [1.29, 1.82) is 0 Å². The maximum absolute atomic E-state index is 12.9. The van der Waals surface area contributed by atoms with Gasteiger partial charge in [0.15, 0.2) is 0 Å². The predicted octanol–water partition coefficient (Wildman–Crippen LogP) is 2.46.